The van der Waals surface area contributed by atoms with Crippen molar-refractivity contribution < 1.29 is 43.3 Å². The van der Waals surface area contributed by atoms with E-state index in [1.54, 1.807) is 26.8 Å². The SMILES string of the molecule is COC(=O)CCNC(=O)OCC(=O)[C@@]1(O)[C@H](C)CC2C3CCC4=CC(=O)C=CC4(C)[C@@]3(F)C(O)CC21C. The van der Waals surface area contributed by atoms with Crippen LogP contribution >= 0.6 is 0 Å². The lowest BCUT2D eigenvalue weighted by molar-refractivity contribution is -0.219. The van der Waals surface area contributed by atoms with Crippen LogP contribution in [0.1, 0.15) is 52.9 Å². The number of nitrogens with one attached hydrogen (secondary N) is 1. The van der Waals surface area contributed by atoms with Gasteiger partial charge in [-0.15, -0.1) is 0 Å². The number of alkyl halides is 1. The van der Waals surface area contributed by atoms with Gasteiger partial charge in [0.2, 0.25) is 5.78 Å². The summed E-state index contributed by atoms with van der Waals surface area (Å²) in [5, 5.41) is 25.6. The summed E-state index contributed by atoms with van der Waals surface area (Å²) in [5.41, 5.74) is -5.67. The third-order valence-electron chi connectivity index (χ3n) is 9.81. The number of amides is 1. The van der Waals surface area contributed by atoms with Crippen molar-refractivity contribution in [1.29, 1.82) is 0 Å². The van der Waals surface area contributed by atoms with Crippen molar-refractivity contribution in [2.75, 3.05) is 20.3 Å². The first-order valence-corrected chi connectivity index (χ1v) is 12.8. The van der Waals surface area contributed by atoms with Gasteiger partial charge in [0.25, 0.3) is 0 Å². The van der Waals surface area contributed by atoms with E-state index in [2.05, 4.69) is 10.1 Å². The number of halogens is 1. The summed E-state index contributed by atoms with van der Waals surface area (Å²) in [6.45, 7) is 4.40. The zero-order valence-corrected chi connectivity index (χ0v) is 21.7. The van der Waals surface area contributed by atoms with Crippen molar-refractivity contribution in [3.05, 3.63) is 23.8 Å². The van der Waals surface area contributed by atoms with E-state index in [-0.39, 0.29) is 25.2 Å². The van der Waals surface area contributed by atoms with Crippen molar-refractivity contribution in [3.8, 4) is 0 Å². The Kier molecular flexibility index (Phi) is 6.90. The predicted octanol–water partition coefficient (Wildman–Crippen LogP) is 2.19. The Labute approximate surface area is 215 Å². The second kappa shape index (κ2) is 9.31. The Bertz CT molecular complexity index is 1070. The Morgan fingerprint density at radius 3 is 2.62 bits per heavy atom. The number of rotatable bonds is 6. The van der Waals surface area contributed by atoms with E-state index >= 15 is 4.39 Å². The normalized spacial score (nSPS) is 42.1. The maximum atomic E-state index is 17.2. The molecule has 37 heavy (non-hydrogen) atoms. The van der Waals surface area contributed by atoms with Crippen LogP contribution in [-0.2, 0) is 23.9 Å². The molecule has 1 amide bonds. The molecule has 0 spiro atoms. The maximum absolute atomic E-state index is 17.2. The second-order valence-corrected chi connectivity index (χ2v) is 11.4. The van der Waals surface area contributed by atoms with Gasteiger partial charge in [-0.3, -0.25) is 14.4 Å². The monoisotopic (exact) mass is 521 g/mol. The lowest BCUT2D eigenvalue weighted by atomic mass is 9.44. The third-order valence-corrected chi connectivity index (χ3v) is 9.81. The summed E-state index contributed by atoms with van der Waals surface area (Å²) < 4.78 is 26.7. The molecule has 4 rings (SSSR count). The molecule has 4 aliphatic carbocycles. The summed E-state index contributed by atoms with van der Waals surface area (Å²) in [6, 6.07) is 0. The first-order chi connectivity index (χ1) is 17.3. The molecular formula is C27H36FNO8. The molecule has 0 aromatic carbocycles. The number of Topliss-reactive ketones (excluding diaryl/α,β-unsaturated/α-hetero) is 1. The number of hydrogen-bond donors (Lipinski definition) is 3. The smallest absolute Gasteiger partial charge is 0.407 e. The lowest BCUT2D eigenvalue weighted by Crippen LogP contribution is -2.69. The summed E-state index contributed by atoms with van der Waals surface area (Å²) in [6.07, 6.45) is 2.97. The summed E-state index contributed by atoms with van der Waals surface area (Å²) in [5.74, 6) is -3.05. The number of esters is 1. The van der Waals surface area contributed by atoms with Gasteiger partial charge in [-0.2, -0.15) is 0 Å². The van der Waals surface area contributed by atoms with Gasteiger partial charge in [-0.1, -0.05) is 25.5 Å². The van der Waals surface area contributed by atoms with Gasteiger partial charge in [-0.05, 0) is 56.6 Å². The number of aliphatic hydroxyl groups is 2. The summed E-state index contributed by atoms with van der Waals surface area (Å²) in [7, 11) is 1.22. The number of methoxy groups -OCH3 is 1. The van der Waals surface area contributed by atoms with Crippen LogP contribution < -0.4 is 5.32 Å². The maximum Gasteiger partial charge on any atom is 0.407 e. The Balaban J connectivity index is 1.54. The largest absolute Gasteiger partial charge is 0.469 e. The zero-order chi connectivity index (χ0) is 27.4. The van der Waals surface area contributed by atoms with Crippen LogP contribution in [0.2, 0.25) is 0 Å². The van der Waals surface area contributed by atoms with E-state index in [9.17, 15) is 29.4 Å². The van der Waals surface area contributed by atoms with Crippen molar-refractivity contribution in [2.24, 2.45) is 28.6 Å². The summed E-state index contributed by atoms with van der Waals surface area (Å²) >= 11 is 0. The molecule has 3 N–H and O–H groups in total. The molecule has 3 fully saturated rings. The van der Waals surface area contributed by atoms with Crippen molar-refractivity contribution in [2.45, 2.75) is 70.2 Å². The standard InChI is InChI=1S/C27H36FNO8/c1-15-11-19-18-6-5-16-12-17(30)7-9-24(16,2)26(18,28)20(31)13-25(19,3)27(15,35)21(32)14-37-23(34)29-10-8-22(33)36-4/h7,9,12,15,18-20,31,35H,5-6,8,10-11,13-14H2,1-4H3,(H,29,34)/t15-,18?,19?,20?,24?,25?,26+,27+/m1/s1. The number of aliphatic hydroxyl groups excluding tert-OH is 1. The molecule has 0 saturated heterocycles. The fourth-order valence-electron chi connectivity index (χ4n) is 7.80. The number of hydrogen-bond acceptors (Lipinski definition) is 8. The number of ether oxygens (including phenoxy) is 2. The van der Waals surface area contributed by atoms with Gasteiger partial charge in [0.05, 0.1) is 19.6 Å². The Morgan fingerprint density at radius 1 is 1.24 bits per heavy atom. The Morgan fingerprint density at radius 2 is 1.95 bits per heavy atom. The van der Waals surface area contributed by atoms with Gasteiger partial charge in [-0.25, -0.2) is 9.18 Å². The van der Waals surface area contributed by atoms with E-state index in [0.29, 0.717) is 24.8 Å². The molecule has 0 aromatic rings. The van der Waals surface area contributed by atoms with Crippen LogP contribution in [-0.4, -0.2) is 71.5 Å². The minimum absolute atomic E-state index is 0.0398. The fourth-order valence-corrected chi connectivity index (χ4v) is 7.80. The van der Waals surface area contributed by atoms with Gasteiger partial charge >= 0.3 is 12.1 Å². The molecule has 9 nitrogen and oxygen atoms in total. The summed E-state index contributed by atoms with van der Waals surface area (Å²) in [4.78, 5) is 48.5. The average molecular weight is 522 g/mol. The predicted molar refractivity (Wildman–Crippen MR) is 129 cm³/mol. The molecule has 5 unspecified atom stereocenters. The van der Waals surface area contributed by atoms with Gasteiger partial charge in [0.15, 0.2) is 18.1 Å². The van der Waals surface area contributed by atoms with E-state index in [1.807, 2.05) is 0 Å². The molecule has 10 heteroatoms. The van der Waals surface area contributed by atoms with Crippen molar-refractivity contribution >= 4 is 23.6 Å². The van der Waals surface area contributed by atoms with E-state index < -0.39 is 70.4 Å². The molecule has 3 saturated carbocycles. The highest BCUT2D eigenvalue weighted by Crippen LogP contribution is 2.70. The van der Waals surface area contributed by atoms with E-state index in [0.717, 1.165) is 0 Å². The van der Waals surface area contributed by atoms with Crippen molar-refractivity contribution in [3.63, 3.8) is 0 Å². The molecule has 0 radical (unpaired) electrons. The second-order valence-electron chi connectivity index (χ2n) is 11.4. The number of ketones is 2. The molecule has 8 atom stereocenters. The van der Waals surface area contributed by atoms with Crippen LogP contribution in [0.3, 0.4) is 0 Å². The topological polar surface area (TPSA) is 139 Å². The Hall–Kier alpha value is -2.59. The minimum Gasteiger partial charge on any atom is -0.469 e. The van der Waals surface area contributed by atoms with Crippen LogP contribution in [0, 0.1) is 28.6 Å². The molecular weight excluding hydrogens is 485 g/mol. The van der Waals surface area contributed by atoms with Crippen LogP contribution in [0.25, 0.3) is 0 Å². The molecule has 0 aromatic heterocycles. The van der Waals surface area contributed by atoms with Crippen LogP contribution in [0.5, 0.6) is 0 Å². The number of carbonyl (C=O) groups excluding carboxylic acids is 4. The van der Waals surface area contributed by atoms with Gasteiger partial charge < -0.3 is 25.0 Å². The quantitative estimate of drug-likeness (QED) is 0.452. The highest BCUT2D eigenvalue weighted by atomic mass is 19.1. The highest BCUT2D eigenvalue weighted by molar-refractivity contribution is 6.01. The first-order valence-electron chi connectivity index (χ1n) is 12.8. The highest BCUT2D eigenvalue weighted by Gasteiger charge is 2.75. The average Bonchev–Trinajstić information content (AvgIpc) is 3.05. The number of carbonyl (C=O) groups is 4. The first kappa shape index (κ1) is 27.4. The number of alkyl carbamates (subject to hydrolysis) is 1. The van der Waals surface area contributed by atoms with Crippen molar-refractivity contribution in [1.82, 2.24) is 5.32 Å². The number of fused-ring (bicyclic) bond motifs is 5. The van der Waals surface area contributed by atoms with Crippen LogP contribution in [0.15, 0.2) is 23.8 Å². The number of allylic oxidation sites excluding steroid dienone is 4. The minimum atomic E-state index is -2.07. The van der Waals surface area contributed by atoms with Gasteiger partial charge in [0.1, 0.15) is 5.60 Å². The molecule has 0 aliphatic heterocycles. The molecule has 4 aliphatic rings. The lowest BCUT2D eigenvalue weighted by Gasteiger charge is -2.62. The van der Waals surface area contributed by atoms with Gasteiger partial charge in [0, 0.05) is 23.3 Å². The molecule has 204 valence electrons. The van der Waals surface area contributed by atoms with E-state index in [1.165, 1.54) is 19.3 Å². The molecule has 0 heterocycles. The van der Waals surface area contributed by atoms with E-state index in [4.69, 9.17) is 4.74 Å². The third kappa shape index (κ3) is 3.86. The zero-order valence-electron chi connectivity index (χ0n) is 21.7. The van der Waals surface area contributed by atoms with Crippen LogP contribution in [0.4, 0.5) is 9.18 Å². The fraction of sp³-hybridized carbons (Fsp3) is 0.704. The molecule has 0 bridgehead atoms.